The third-order valence-electron chi connectivity index (χ3n) is 6.90. The Kier molecular flexibility index (Phi) is 3.93. The van der Waals surface area contributed by atoms with Crippen molar-refractivity contribution in [3.05, 3.63) is 59.7 Å². The van der Waals surface area contributed by atoms with E-state index in [4.69, 9.17) is 4.74 Å². The van der Waals surface area contributed by atoms with Crippen LogP contribution >= 0.6 is 0 Å². The number of aliphatic carboxylic acids is 1. The molecule has 28 heavy (non-hydrogen) atoms. The van der Waals surface area contributed by atoms with Gasteiger partial charge in [0.1, 0.15) is 12.1 Å². The first kappa shape index (κ1) is 17.3. The highest BCUT2D eigenvalue weighted by molar-refractivity contribution is 5.85. The van der Waals surface area contributed by atoms with E-state index in [0.717, 1.165) is 30.4 Å². The van der Waals surface area contributed by atoms with Gasteiger partial charge in [-0.3, -0.25) is 0 Å². The Morgan fingerprint density at radius 2 is 1.68 bits per heavy atom. The molecule has 3 atom stereocenters. The maximum Gasteiger partial charge on any atom is 0.408 e. The maximum absolute atomic E-state index is 12.6. The Balaban J connectivity index is 1.33. The number of hydrogen-bond donors (Lipinski definition) is 2. The van der Waals surface area contributed by atoms with Crippen molar-refractivity contribution in [2.24, 2.45) is 11.8 Å². The summed E-state index contributed by atoms with van der Waals surface area (Å²) in [5, 5.41) is 12.5. The first-order chi connectivity index (χ1) is 13.6. The third-order valence-corrected chi connectivity index (χ3v) is 6.90. The van der Waals surface area contributed by atoms with Crippen LogP contribution < -0.4 is 5.32 Å². The fourth-order valence-electron chi connectivity index (χ4n) is 5.62. The molecule has 0 radical (unpaired) electrons. The number of hydrogen-bond acceptors (Lipinski definition) is 3. The SMILES string of the molecule is O=C(NC1(C(=O)O)CC2CCC1C2)OCC1c2ccccc2-c2ccccc21. The molecule has 5 heteroatoms. The predicted molar refractivity (Wildman–Crippen MR) is 104 cm³/mol. The molecule has 0 saturated heterocycles. The zero-order valence-electron chi connectivity index (χ0n) is 15.6. The number of rotatable bonds is 4. The van der Waals surface area contributed by atoms with Crippen molar-refractivity contribution in [1.29, 1.82) is 0 Å². The molecule has 2 saturated carbocycles. The normalized spacial score (nSPS) is 27.3. The highest BCUT2D eigenvalue weighted by atomic mass is 16.5. The number of alkyl carbamates (subject to hydrolysis) is 1. The molecule has 2 aromatic rings. The third kappa shape index (κ3) is 2.53. The molecule has 0 heterocycles. The van der Waals surface area contributed by atoms with Crippen molar-refractivity contribution < 1.29 is 19.4 Å². The van der Waals surface area contributed by atoms with E-state index in [1.54, 1.807) is 0 Å². The Morgan fingerprint density at radius 1 is 1.04 bits per heavy atom. The van der Waals surface area contributed by atoms with Crippen molar-refractivity contribution >= 4 is 12.1 Å². The van der Waals surface area contributed by atoms with Crippen LogP contribution in [0.1, 0.15) is 42.7 Å². The number of carboxylic acid groups (broad SMARTS) is 1. The molecule has 5 rings (SSSR count). The molecule has 2 aromatic carbocycles. The van der Waals surface area contributed by atoms with Gasteiger partial charge < -0.3 is 15.2 Å². The average Bonchev–Trinajstić information content (AvgIpc) is 3.38. The van der Waals surface area contributed by atoms with E-state index in [9.17, 15) is 14.7 Å². The monoisotopic (exact) mass is 377 g/mol. The highest BCUT2D eigenvalue weighted by Crippen LogP contribution is 2.51. The van der Waals surface area contributed by atoms with E-state index >= 15 is 0 Å². The van der Waals surface area contributed by atoms with Crippen LogP contribution in [-0.4, -0.2) is 29.3 Å². The van der Waals surface area contributed by atoms with Crippen molar-refractivity contribution in [3.63, 3.8) is 0 Å². The van der Waals surface area contributed by atoms with Gasteiger partial charge in [-0.2, -0.15) is 0 Å². The Hall–Kier alpha value is -2.82. The lowest BCUT2D eigenvalue weighted by atomic mass is 9.81. The Morgan fingerprint density at radius 3 is 2.21 bits per heavy atom. The first-order valence-corrected chi connectivity index (χ1v) is 9.95. The van der Waals surface area contributed by atoms with Gasteiger partial charge in [0.25, 0.3) is 0 Å². The van der Waals surface area contributed by atoms with Gasteiger partial charge in [0.05, 0.1) is 0 Å². The summed E-state index contributed by atoms with van der Waals surface area (Å²) in [7, 11) is 0. The van der Waals surface area contributed by atoms with Gasteiger partial charge in [-0.25, -0.2) is 9.59 Å². The van der Waals surface area contributed by atoms with E-state index < -0.39 is 17.6 Å². The molecule has 144 valence electrons. The number of carbonyl (C=O) groups excluding carboxylic acids is 1. The Bertz CT molecular complexity index is 910. The second-order valence-corrected chi connectivity index (χ2v) is 8.31. The topological polar surface area (TPSA) is 75.6 Å². The van der Waals surface area contributed by atoms with Crippen LogP contribution in [0.5, 0.6) is 0 Å². The number of amides is 1. The van der Waals surface area contributed by atoms with E-state index in [-0.39, 0.29) is 18.4 Å². The van der Waals surface area contributed by atoms with Crippen LogP contribution in [-0.2, 0) is 9.53 Å². The predicted octanol–water partition coefficient (Wildman–Crippen LogP) is 4.17. The molecule has 2 bridgehead atoms. The van der Waals surface area contributed by atoms with Crippen molar-refractivity contribution in [3.8, 4) is 11.1 Å². The fourth-order valence-corrected chi connectivity index (χ4v) is 5.62. The van der Waals surface area contributed by atoms with Gasteiger partial charge in [-0.1, -0.05) is 48.5 Å². The number of ether oxygens (including phenoxy) is 1. The first-order valence-electron chi connectivity index (χ1n) is 9.95. The minimum Gasteiger partial charge on any atom is -0.479 e. The van der Waals surface area contributed by atoms with Gasteiger partial charge in [0.15, 0.2) is 0 Å². The molecule has 0 aliphatic heterocycles. The van der Waals surface area contributed by atoms with Crippen LogP contribution in [0.15, 0.2) is 48.5 Å². The molecule has 0 aromatic heterocycles. The van der Waals surface area contributed by atoms with E-state index in [0.29, 0.717) is 12.3 Å². The number of carbonyl (C=O) groups is 2. The summed E-state index contributed by atoms with van der Waals surface area (Å²) in [5.74, 6) is -0.558. The van der Waals surface area contributed by atoms with Crippen LogP contribution in [0.25, 0.3) is 11.1 Å². The largest absolute Gasteiger partial charge is 0.479 e. The summed E-state index contributed by atoms with van der Waals surface area (Å²) in [5.41, 5.74) is 3.46. The van der Waals surface area contributed by atoms with Crippen molar-refractivity contribution in [2.45, 2.75) is 37.1 Å². The standard InChI is InChI=1S/C23H23NO4/c25-21(26)23(12-14-9-10-15(23)11-14)24-22(27)28-13-20-18-7-3-1-5-16(18)17-6-2-4-8-19(17)20/h1-8,14-15,20H,9-13H2,(H,24,27)(H,25,26). The summed E-state index contributed by atoms with van der Waals surface area (Å²) in [6, 6.07) is 16.3. The summed E-state index contributed by atoms with van der Waals surface area (Å²) < 4.78 is 5.57. The lowest BCUT2D eigenvalue weighted by Crippen LogP contribution is -2.58. The van der Waals surface area contributed by atoms with Crippen LogP contribution in [0, 0.1) is 11.8 Å². The average molecular weight is 377 g/mol. The number of benzene rings is 2. The molecular formula is C23H23NO4. The second-order valence-electron chi connectivity index (χ2n) is 8.31. The maximum atomic E-state index is 12.6. The van der Waals surface area contributed by atoms with Crippen molar-refractivity contribution in [2.75, 3.05) is 6.61 Å². The van der Waals surface area contributed by atoms with E-state index in [2.05, 4.69) is 29.6 Å². The molecule has 1 amide bonds. The van der Waals surface area contributed by atoms with Crippen LogP contribution in [0.3, 0.4) is 0 Å². The second kappa shape index (κ2) is 6.36. The van der Waals surface area contributed by atoms with Crippen molar-refractivity contribution in [1.82, 2.24) is 5.32 Å². The zero-order chi connectivity index (χ0) is 19.3. The summed E-state index contributed by atoms with van der Waals surface area (Å²) in [6.45, 7) is 0.198. The molecular weight excluding hydrogens is 354 g/mol. The molecule has 3 aliphatic rings. The highest BCUT2D eigenvalue weighted by Gasteiger charge is 2.57. The number of carboxylic acids is 1. The lowest BCUT2D eigenvalue weighted by Gasteiger charge is -2.34. The van der Waals surface area contributed by atoms with Gasteiger partial charge >= 0.3 is 12.1 Å². The van der Waals surface area contributed by atoms with Crippen LogP contribution in [0.2, 0.25) is 0 Å². The van der Waals surface area contributed by atoms with Crippen LogP contribution in [0.4, 0.5) is 4.79 Å². The van der Waals surface area contributed by atoms with E-state index in [1.807, 2.05) is 24.3 Å². The molecule has 3 unspecified atom stereocenters. The summed E-state index contributed by atoms with van der Waals surface area (Å²) in [4.78, 5) is 24.5. The van der Waals surface area contributed by atoms with Gasteiger partial charge in [-0.05, 0) is 59.8 Å². The molecule has 3 aliphatic carbocycles. The van der Waals surface area contributed by atoms with Gasteiger partial charge in [0.2, 0.25) is 0 Å². The lowest BCUT2D eigenvalue weighted by molar-refractivity contribution is -0.147. The minimum atomic E-state index is -1.16. The molecule has 2 N–H and O–H groups in total. The van der Waals surface area contributed by atoms with E-state index in [1.165, 1.54) is 11.1 Å². The van der Waals surface area contributed by atoms with Gasteiger partial charge in [-0.15, -0.1) is 0 Å². The number of fused-ring (bicyclic) bond motifs is 5. The fraction of sp³-hybridized carbons (Fsp3) is 0.391. The smallest absolute Gasteiger partial charge is 0.408 e. The zero-order valence-corrected chi connectivity index (χ0v) is 15.6. The quantitative estimate of drug-likeness (QED) is 0.839. The minimum absolute atomic E-state index is 0.00971. The van der Waals surface area contributed by atoms with Gasteiger partial charge in [0, 0.05) is 5.92 Å². The molecule has 0 spiro atoms. The number of nitrogens with one attached hydrogen (secondary N) is 1. The molecule has 2 fully saturated rings. The summed E-state index contributed by atoms with van der Waals surface area (Å²) >= 11 is 0. The Labute approximate surface area is 163 Å². The summed E-state index contributed by atoms with van der Waals surface area (Å²) in [6.07, 6.45) is 2.69. The molecule has 5 nitrogen and oxygen atoms in total.